The summed E-state index contributed by atoms with van der Waals surface area (Å²) in [7, 11) is 0. The van der Waals surface area contributed by atoms with Gasteiger partial charge in [0, 0.05) is 18.9 Å². The fourth-order valence-corrected chi connectivity index (χ4v) is 4.87. The van der Waals surface area contributed by atoms with Gasteiger partial charge in [0.15, 0.2) is 0 Å². The second kappa shape index (κ2) is 10.2. The van der Waals surface area contributed by atoms with Gasteiger partial charge in [0.2, 0.25) is 5.91 Å². The van der Waals surface area contributed by atoms with Gasteiger partial charge in [-0.05, 0) is 87.3 Å². The average molecular weight is 497 g/mol. The molecule has 194 valence electrons. The van der Waals surface area contributed by atoms with Gasteiger partial charge in [0.05, 0.1) is 11.2 Å². The molecule has 1 aromatic heterocycles. The number of rotatable bonds is 7. The lowest BCUT2D eigenvalue weighted by Gasteiger charge is -2.32. The van der Waals surface area contributed by atoms with Crippen molar-refractivity contribution >= 4 is 17.7 Å². The van der Waals surface area contributed by atoms with Crippen LogP contribution in [0, 0.1) is 17.7 Å². The Morgan fingerprint density at radius 3 is 2.50 bits per heavy atom. The minimum Gasteiger partial charge on any atom is -0.444 e. The van der Waals surface area contributed by atoms with Crippen LogP contribution in [0.15, 0.2) is 42.7 Å². The minimum atomic E-state index is -0.844. The first-order valence-electron chi connectivity index (χ1n) is 12.8. The van der Waals surface area contributed by atoms with Crippen molar-refractivity contribution in [3.05, 3.63) is 59.7 Å². The van der Waals surface area contributed by atoms with Gasteiger partial charge >= 0.3 is 6.09 Å². The lowest BCUT2D eigenvalue weighted by atomic mass is 9.79. The van der Waals surface area contributed by atoms with E-state index in [2.05, 4.69) is 10.3 Å². The Bertz CT molecular complexity index is 1100. The zero-order valence-corrected chi connectivity index (χ0v) is 21.6. The standard InChI is InChI=1S/C28H37FN4O3/c1-18-15-24(33(17-18)26(35)36-27(2,3)4)25(34)32-23-16-21(7-8-22(23)29)28(30,12-9-19-5-6-19)20-10-13-31-14-11-20/h7-8,10-11,13-14,16,18-19,24H,5-6,9,12,15,17,30H2,1-4H3,(H,32,34)/t18-,24+,28?/m0/s1. The van der Waals surface area contributed by atoms with Crippen LogP contribution in [-0.4, -0.2) is 40.1 Å². The number of amides is 2. The van der Waals surface area contributed by atoms with Crippen molar-refractivity contribution in [1.29, 1.82) is 0 Å². The first-order valence-corrected chi connectivity index (χ1v) is 12.8. The van der Waals surface area contributed by atoms with E-state index in [-0.39, 0.29) is 11.6 Å². The topological polar surface area (TPSA) is 97.5 Å². The van der Waals surface area contributed by atoms with E-state index in [0.29, 0.717) is 25.3 Å². The van der Waals surface area contributed by atoms with E-state index in [9.17, 15) is 14.0 Å². The van der Waals surface area contributed by atoms with Crippen LogP contribution in [0.2, 0.25) is 0 Å². The molecule has 1 unspecified atom stereocenters. The average Bonchev–Trinajstić information content (AvgIpc) is 3.57. The Hall–Kier alpha value is -3.00. The van der Waals surface area contributed by atoms with Crippen LogP contribution in [0.25, 0.3) is 0 Å². The number of likely N-dealkylation sites (tertiary alicyclic amines) is 1. The number of ether oxygens (including phenoxy) is 1. The lowest BCUT2D eigenvalue weighted by Crippen LogP contribution is -2.45. The van der Waals surface area contributed by atoms with Crippen LogP contribution < -0.4 is 11.1 Å². The Morgan fingerprint density at radius 1 is 1.17 bits per heavy atom. The lowest BCUT2D eigenvalue weighted by molar-refractivity contribution is -0.120. The number of halogens is 1. The van der Waals surface area contributed by atoms with Gasteiger partial charge in [0.1, 0.15) is 17.5 Å². The first kappa shape index (κ1) is 26.1. The molecule has 36 heavy (non-hydrogen) atoms. The minimum absolute atomic E-state index is 0.0523. The number of nitrogens with two attached hydrogens (primary N) is 1. The van der Waals surface area contributed by atoms with Crippen molar-refractivity contribution in [3.63, 3.8) is 0 Å². The van der Waals surface area contributed by atoms with E-state index in [4.69, 9.17) is 10.5 Å². The Kier molecular flexibility index (Phi) is 7.36. The number of benzene rings is 1. The van der Waals surface area contributed by atoms with E-state index in [1.54, 1.807) is 45.3 Å². The summed E-state index contributed by atoms with van der Waals surface area (Å²) in [4.78, 5) is 31.6. The van der Waals surface area contributed by atoms with E-state index in [1.807, 2.05) is 19.1 Å². The highest BCUT2D eigenvalue weighted by Crippen LogP contribution is 2.40. The predicted octanol–water partition coefficient (Wildman–Crippen LogP) is 5.20. The molecule has 3 atom stereocenters. The van der Waals surface area contributed by atoms with Crippen LogP contribution in [-0.2, 0) is 15.1 Å². The van der Waals surface area contributed by atoms with Crippen LogP contribution >= 0.6 is 0 Å². The molecule has 2 aromatic rings. The molecule has 3 N–H and O–H groups in total. The molecule has 8 heteroatoms. The molecule has 0 bridgehead atoms. The Balaban J connectivity index is 1.58. The molecular formula is C28H37FN4O3. The molecule has 1 saturated heterocycles. The van der Waals surface area contributed by atoms with Crippen LogP contribution in [0.1, 0.15) is 70.9 Å². The normalized spacial score (nSPS) is 21.7. The summed E-state index contributed by atoms with van der Waals surface area (Å²) in [6, 6.07) is 7.67. The Morgan fingerprint density at radius 2 is 1.86 bits per heavy atom. The molecule has 1 aliphatic heterocycles. The number of pyridine rings is 1. The number of hydrogen-bond donors (Lipinski definition) is 2. The van der Waals surface area contributed by atoms with Gasteiger partial charge in [-0.2, -0.15) is 0 Å². The molecule has 2 aliphatic rings. The largest absolute Gasteiger partial charge is 0.444 e. The Labute approximate surface area is 212 Å². The van der Waals surface area contributed by atoms with Crippen LogP contribution in [0.5, 0.6) is 0 Å². The van der Waals surface area contributed by atoms with Crippen molar-refractivity contribution < 1.29 is 18.7 Å². The SMILES string of the molecule is C[C@H]1C[C@H](C(=O)Nc2cc(C(N)(CCC3CC3)c3ccncc3)ccc2F)N(C(=O)OC(C)(C)C)C1. The summed E-state index contributed by atoms with van der Waals surface area (Å²) in [6.07, 6.45) is 7.44. The summed E-state index contributed by atoms with van der Waals surface area (Å²) in [5.41, 5.74) is 7.13. The van der Waals surface area contributed by atoms with Gasteiger partial charge in [-0.1, -0.05) is 25.8 Å². The molecule has 1 aliphatic carbocycles. The molecule has 1 aromatic carbocycles. The third kappa shape index (κ3) is 6.03. The number of nitrogens with one attached hydrogen (secondary N) is 1. The zero-order valence-electron chi connectivity index (χ0n) is 21.6. The van der Waals surface area contributed by atoms with Crippen LogP contribution in [0.3, 0.4) is 0 Å². The fourth-order valence-electron chi connectivity index (χ4n) is 4.87. The van der Waals surface area contributed by atoms with Crippen molar-refractivity contribution in [2.24, 2.45) is 17.6 Å². The maximum Gasteiger partial charge on any atom is 0.410 e. The van der Waals surface area contributed by atoms with Gasteiger partial charge in [0.25, 0.3) is 0 Å². The van der Waals surface area contributed by atoms with E-state index < -0.39 is 35.0 Å². The number of aromatic nitrogens is 1. The number of carbonyl (C=O) groups is 2. The van der Waals surface area contributed by atoms with Crippen molar-refractivity contribution in [2.45, 2.75) is 77.0 Å². The predicted molar refractivity (Wildman–Crippen MR) is 137 cm³/mol. The first-order chi connectivity index (χ1) is 17.0. The molecule has 7 nitrogen and oxygen atoms in total. The summed E-state index contributed by atoms with van der Waals surface area (Å²) in [5.74, 6) is -0.195. The van der Waals surface area contributed by atoms with E-state index in [0.717, 1.165) is 17.5 Å². The highest BCUT2D eigenvalue weighted by Gasteiger charge is 2.40. The van der Waals surface area contributed by atoms with Crippen LogP contribution in [0.4, 0.5) is 14.9 Å². The number of hydrogen-bond acceptors (Lipinski definition) is 5. The van der Waals surface area contributed by atoms with E-state index in [1.165, 1.54) is 23.8 Å². The van der Waals surface area contributed by atoms with Gasteiger partial charge in [-0.3, -0.25) is 14.7 Å². The molecule has 0 radical (unpaired) electrons. The highest BCUT2D eigenvalue weighted by atomic mass is 19.1. The summed E-state index contributed by atoms with van der Waals surface area (Å²) >= 11 is 0. The molecule has 2 heterocycles. The van der Waals surface area contributed by atoms with Gasteiger partial charge < -0.3 is 15.8 Å². The number of nitrogens with zero attached hydrogens (tertiary/aromatic N) is 2. The third-order valence-corrected chi connectivity index (χ3v) is 7.02. The maximum atomic E-state index is 14.9. The summed E-state index contributed by atoms with van der Waals surface area (Å²) in [5, 5.41) is 2.73. The maximum absolute atomic E-state index is 14.9. The van der Waals surface area contributed by atoms with Crippen molar-refractivity contribution in [3.8, 4) is 0 Å². The quantitative estimate of drug-likeness (QED) is 0.549. The van der Waals surface area contributed by atoms with Gasteiger partial charge in [-0.15, -0.1) is 0 Å². The van der Waals surface area contributed by atoms with Crippen molar-refractivity contribution in [1.82, 2.24) is 9.88 Å². The molecule has 2 amide bonds. The fraction of sp³-hybridized carbons (Fsp3) is 0.536. The van der Waals surface area contributed by atoms with Gasteiger partial charge in [-0.25, -0.2) is 9.18 Å². The molecular weight excluding hydrogens is 459 g/mol. The zero-order chi connectivity index (χ0) is 26.1. The summed E-state index contributed by atoms with van der Waals surface area (Å²) < 4.78 is 20.4. The number of anilines is 1. The smallest absolute Gasteiger partial charge is 0.410 e. The second-order valence-electron chi connectivity index (χ2n) is 11.4. The molecule has 4 rings (SSSR count). The van der Waals surface area contributed by atoms with Crippen molar-refractivity contribution in [2.75, 3.05) is 11.9 Å². The molecule has 2 fully saturated rings. The second-order valence-corrected chi connectivity index (χ2v) is 11.4. The van der Waals surface area contributed by atoms with E-state index >= 15 is 0 Å². The molecule has 1 saturated carbocycles. The molecule has 0 spiro atoms. The highest BCUT2D eigenvalue weighted by molar-refractivity contribution is 5.97. The summed E-state index contributed by atoms with van der Waals surface area (Å²) in [6.45, 7) is 7.73. The monoisotopic (exact) mass is 496 g/mol. The number of carbonyl (C=O) groups excluding carboxylic acids is 2. The third-order valence-electron chi connectivity index (χ3n) is 7.02.